The van der Waals surface area contributed by atoms with Crippen LogP contribution in [0.3, 0.4) is 0 Å². The number of carbonyl (C=O) groups excluding carboxylic acids is 1. The van der Waals surface area contributed by atoms with Gasteiger partial charge in [-0.1, -0.05) is 6.92 Å². The maximum atomic E-state index is 12.5. The molecule has 2 fully saturated rings. The highest BCUT2D eigenvalue weighted by atomic mass is 16.7. The Labute approximate surface area is 144 Å². The Morgan fingerprint density at radius 1 is 1.24 bits per heavy atom. The van der Waals surface area contributed by atoms with Gasteiger partial charge in [-0.05, 0) is 12.3 Å². The molecule has 0 spiro atoms. The highest BCUT2D eigenvalue weighted by Crippen LogP contribution is 2.44. The molecule has 9 unspecified atom stereocenters. The summed E-state index contributed by atoms with van der Waals surface area (Å²) in [6, 6.07) is 0. The fraction of sp³-hybridized carbons (Fsp3) is 0.812. The monoisotopic (exact) mass is 360 g/mol. The summed E-state index contributed by atoms with van der Waals surface area (Å²) >= 11 is 0. The molecular formula is C16H24O9. The topological polar surface area (TPSA) is 146 Å². The van der Waals surface area contributed by atoms with Crippen molar-refractivity contribution in [1.82, 2.24) is 0 Å². The number of aliphatic hydroxyl groups excluding tert-OH is 5. The van der Waals surface area contributed by atoms with E-state index in [0.717, 1.165) is 0 Å². The fourth-order valence-corrected chi connectivity index (χ4v) is 3.90. The molecule has 0 aromatic heterocycles. The van der Waals surface area contributed by atoms with Crippen molar-refractivity contribution in [2.45, 2.75) is 50.2 Å². The number of esters is 1. The first-order chi connectivity index (χ1) is 11.8. The van der Waals surface area contributed by atoms with Crippen LogP contribution in [0.2, 0.25) is 0 Å². The summed E-state index contributed by atoms with van der Waals surface area (Å²) in [6.45, 7) is 1.76. The minimum absolute atomic E-state index is 0.0163. The lowest BCUT2D eigenvalue weighted by molar-refractivity contribution is -0.291. The molecule has 25 heavy (non-hydrogen) atoms. The van der Waals surface area contributed by atoms with Gasteiger partial charge < -0.3 is 39.7 Å². The van der Waals surface area contributed by atoms with Gasteiger partial charge in [-0.2, -0.15) is 0 Å². The van der Waals surface area contributed by atoms with Crippen LogP contribution in [-0.4, -0.2) is 81.5 Å². The second-order valence-corrected chi connectivity index (χ2v) is 6.98. The molecule has 0 aromatic rings. The van der Waals surface area contributed by atoms with E-state index in [1.165, 1.54) is 6.26 Å². The molecule has 2 heterocycles. The predicted octanol–water partition coefficient (Wildman–Crippen LogP) is -2.12. The largest absolute Gasteiger partial charge is 0.500 e. The van der Waals surface area contributed by atoms with Gasteiger partial charge in [0.1, 0.15) is 24.4 Å². The van der Waals surface area contributed by atoms with Gasteiger partial charge in [0.15, 0.2) is 0 Å². The molecular weight excluding hydrogens is 336 g/mol. The van der Waals surface area contributed by atoms with Gasteiger partial charge in [0.2, 0.25) is 6.29 Å². The molecule has 9 atom stereocenters. The normalized spacial score (nSPS) is 46.8. The van der Waals surface area contributed by atoms with E-state index in [1.54, 1.807) is 0 Å². The zero-order valence-electron chi connectivity index (χ0n) is 13.8. The Bertz CT molecular complexity index is 534. The van der Waals surface area contributed by atoms with Crippen LogP contribution < -0.4 is 0 Å². The SMILES string of the molecule is CC1CC(O)C2C(C(=O)OC3OC(CO)C(O)C(O)C3O)=COCC12. The molecule has 142 valence electrons. The second-order valence-electron chi connectivity index (χ2n) is 6.98. The first-order valence-electron chi connectivity index (χ1n) is 8.36. The van der Waals surface area contributed by atoms with Crippen molar-refractivity contribution in [3.05, 3.63) is 11.8 Å². The molecule has 0 radical (unpaired) electrons. The first kappa shape index (κ1) is 18.6. The van der Waals surface area contributed by atoms with Crippen molar-refractivity contribution >= 4 is 5.97 Å². The quantitative estimate of drug-likeness (QED) is 0.356. The zero-order valence-corrected chi connectivity index (χ0v) is 13.8. The van der Waals surface area contributed by atoms with E-state index in [1.807, 2.05) is 6.92 Å². The van der Waals surface area contributed by atoms with Gasteiger partial charge in [0, 0.05) is 11.8 Å². The van der Waals surface area contributed by atoms with Gasteiger partial charge >= 0.3 is 5.97 Å². The fourth-order valence-electron chi connectivity index (χ4n) is 3.90. The third-order valence-corrected chi connectivity index (χ3v) is 5.39. The lowest BCUT2D eigenvalue weighted by atomic mass is 9.84. The van der Waals surface area contributed by atoms with Crippen LogP contribution in [0.4, 0.5) is 0 Å². The van der Waals surface area contributed by atoms with Crippen LogP contribution in [0.5, 0.6) is 0 Å². The minimum Gasteiger partial charge on any atom is -0.500 e. The number of hydrogen-bond acceptors (Lipinski definition) is 9. The second kappa shape index (κ2) is 7.18. The number of fused-ring (bicyclic) bond motifs is 1. The molecule has 3 rings (SSSR count). The van der Waals surface area contributed by atoms with Crippen LogP contribution >= 0.6 is 0 Å². The van der Waals surface area contributed by atoms with Crippen molar-refractivity contribution in [2.75, 3.05) is 13.2 Å². The highest BCUT2D eigenvalue weighted by molar-refractivity contribution is 5.89. The van der Waals surface area contributed by atoms with Crippen LogP contribution in [0.1, 0.15) is 13.3 Å². The van der Waals surface area contributed by atoms with Crippen LogP contribution in [0.25, 0.3) is 0 Å². The molecule has 3 aliphatic rings. The van der Waals surface area contributed by atoms with Crippen molar-refractivity contribution < 1.29 is 44.5 Å². The maximum Gasteiger partial charge on any atom is 0.339 e. The Balaban J connectivity index is 1.72. The third-order valence-electron chi connectivity index (χ3n) is 5.39. The van der Waals surface area contributed by atoms with Crippen LogP contribution in [0.15, 0.2) is 11.8 Å². The third kappa shape index (κ3) is 3.27. The van der Waals surface area contributed by atoms with E-state index >= 15 is 0 Å². The lowest BCUT2D eigenvalue weighted by Gasteiger charge is -2.39. The van der Waals surface area contributed by atoms with Crippen LogP contribution in [0, 0.1) is 17.8 Å². The Hall–Kier alpha value is -1.23. The number of ether oxygens (including phenoxy) is 3. The Morgan fingerprint density at radius 2 is 1.96 bits per heavy atom. The van der Waals surface area contributed by atoms with Crippen molar-refractivity contribution in [3.63, 3.8) is 0 Å². The molecule has 1 saturated heterocycles. The van der Waals surface area contributed by atoms with Gasteiger partial charge in [-0.25, -0.2) is 4.79 Å². The maximum absolute atomic E-state index is 12.5. The summed E-state index contributed by atoms with van der Waals surface area (Å²) in [4.78, 5) is 12.5. The standard InChI is InChI=1S/C16H24O9/c1-6-2-9(18)11-7(6)4-23-5-8(11)15(22)25-16-14(21)13(20)12(19)10(3-17)24-16/h5-7,9-14,16-21H,2-4H2,1H3. The van der Waals surface area contributed by atoms with E-state index in [2.05, 4.69) is 0 Å². The Morgan fingerprint density at radius 3 is 2.64 bits per heavy atom. The molecule has 0 aromatic carbocycles. The summed E-state index contributed by atoms with van der Waals surface area (Å²) in [7, 11) is 0. The zero-order chi connectivity index (χ0) is 18.3. The van der Waals surface area contributed by atoms with E-state index < -0.39 is 55.3 Å². The number of aliphatic hydroxyl groups is 5. The first-order valence-corrected chi connectivity index (χ1v) is 8.36. The van der Waals surface area contributed by atoms with Gasteiger partial charge in [-0.15, -0.1) is 0 Å². The number of carbonyl (C=O) groups is 1. The van der Waals surface area contributed by atoms with Gasteiger partial charge in [-0.3, -0.25) is 0 Å². The van der Waals surface area contributed by atoms with Gasteiger partial charge in [0.05, 0.1) is 31.2 Å². The summed E-state index contributed by atoms with van der Waals surface area (Å²) in [5.74, 6) is -1.10. The van der Waals surface area contributed by atoms with Crippen molar-refractivity contribution in [3.8, 4) is 0 Å². The van der Waals surface area contributed by atoms with Crippen LogP contribution in [-0.2, 0) is 19.0 Å². The summed E-state index contributed by atoms with van der Waals surface area (Å²) in [5.41, 5.74) is 0.144. The van der Waals surface area contributed by atoms with E-state index in [4.69, 9.17) is 14.2 Å². The summed E-state index contributed by atoms with van der Waals surface area (Å²) < 4.78 is 15.6. The molecule has 0 bridgehead atoms. The Kier molecular flexibility index (Phi) is 5.33. The van der Waals surface area contributed by atoms with E-state index in [0.29, 0.717) is 13.0 Å². The van der Waals surface area contributed by atoms with Crippen molar-refractivity contribution in [1.29, 1.82) is 0 Å². The molecule has 5 N–H and O–H groups in total. The van der Waals surface area contributed by atoms with Crippen molar-refractivity contribution in [2.24, 2.45) is 17.8 Å². The summed E-state index contributed by atoms with van der Waals surface area (Å²) in [6.07, 6.45) is -6.47. The molecule has 0 amide bonds. The molecule has 1 saturated carbocycles. The van der Waals surface area contributed by atoms with E-state index in [9.17, 15) is 30.3 Å². The molecule has 2 aliphatic heterocycles. The lowest BCUT2D eigenvalue weighted by Crippen LogP contribution is -2.59. The summed E-state index contributed by atoms with van der Waals surface area (Å²) in [5, 5.41) is 48.9. The van der Waals surface area contributed by atoms with E-state index in [-0.39, 0.29) is 17.4 Å². The van der Waals surface area contributed by atoms with Gasteiger partial charge in [0.25, 0.3) is 0 Å². The average molecular weight is 360 g/mol. The predicted molar refractivity (Wildman–Crippen MR) is 80.7 cm³/mol. The molecule has 9 nitrogen and oxygen atoms in total. The highest BCUT2D eigenvalue weighted by Gasteiger charge is 2.49. The minimum atomic E-state index is -1.67. The molecule has 1 aliphatic carbocycles. The smallest absolute Gasteiger partial charge is 0.339 e. The molecule has 9 heteroatoms. The number of rotatable bonds is 3. The number of hydrogen-bond donors (Lipinski definition) is 5. The average Bonchev–Trinajstić information content (AvgIpc) is 2.89.